The summed E-state index contributed by atoms with van der Waals surface area (Å²) in [5.41, 5.74) is 1.65. The number of fused-ring (bicyclic) bond motifs is 1. The lowest BCUT2D eigenvalue weighted by atomic mass is 9.95. The van der Waals surface area contributed by atoms with E-state index in [0.29, 0.717) is 44.9 Å². The number of aliphatic hydroxyl groups excluding tert-OH is 1. The van der Waals surface area contributed by atoms with Crippen LogP contribution in [0.5, 0.6) is 11.5 Å². The molecule has 9 heteroatoms. The molecule has 0 radical (unpaired) electrons. The van der Waals surface area contributed by atoms with E-state index in [1.807, 2.05) is 6.92 Å². The van der Waals surface area contributed by atoms with E-state index in [2.05, 4.69) is 4.98 Å². The molecule has 3 aromatic carbocycles. The minimum Gasteiger partial charge on any atom is -0.507 e. The number of rotatable bonds is 6. The van der Waals surface area contributed by atoms with Gasteiger partial charge in [-0.15, -0.1) is 0 Å². The van der Waals surface area contributed by atoms with E-state index in [1.54, 1.807) is 66.7 Å². The second-order valence-electron chi connectivity index (χ2n) is 8.01. The molecule has 0 spiro atoms. The van der Waals surface area contributed by atoms with Crippen molar-refractivity contribution >= 4 is 55.7 Å². The van der Waals surface area contributed by atoms with Crippen LogP contribution in [-0.4, -0.2) is 35.5 Å². The number of carbonyl (C=O) groups is 2. The summed E-state index contributed by atoms with van der Waals surface area (Å²) < 4.78 is 11.5. The lowest BCUT2D eigenvalue weighted by Gasteiger charge is -2.23. The van der Waals surface area contributed by atoms with Crippen LogP contribution in [0.2, 0.25) is 5.02 Å². The molecule has 0 aliphatic carbocycles. The SMILES string of the molecule is CCOc1ccc(C2C(=C(O)c3ccc(OC)cc3)C(=O)C(=O)N2c2nc3ccc(Cl)cc3s2)cc1. The Bertz CT molecular complexity index is 1500. The predicted octanol–water partition coefficient (Wildman–Crippen LogP) is 5.98. The van der Waals surface area contributed by atoms with Gasteiger partial charge in [0, 0.05) is 10.6 Å². The average Bonchev–Trinajstić information content (AvgIpc) is 3.42. The van der Waals surface area contributed by atoms with Gasteiger partial charge in [0.1, 0.15) is 17.3 Å². The largest absolute Gasteiger partial charge is 0.507 e. The zero-order chi connectivity index (χ0) is 25.4. The Morgan fingerprint density at radius 2 is 1.75 bits per heavy atom. The number of hydrogen-bond donors (Lipinski definition) is 1. The number of thiazole rings is 1. The first-order valence-electron chi connectivity index (χ1n) is 11.2. The summed E-state index contributed by atoms with van der Waals surface area (Å²) in [6, 6.07) is 18.1. The highest BCUT2D eigenvalue weighted by Gasteiger charge is 2.48. The molecule has 0 saturated carbocycles. The Kier molecular flexibility index (Phi) is 6.38. The maximum Gasteiger partial charge on any atom is 0.301 e. The van der Waals surface area contributed by atoms with Crippen LogP contribution in [0.1, 0.15) is 24.1 Å². The van der Waals surface area contributed by atoms with Gasteiger partial charge >= 0.3 is 5.91 Å². The lowest BCUT2D eigenvalue weighted by molar-refractivity contribution is -0.132. The number of benzene rings is 3. The highest BCUT2D eigenvalue weighted by Crippen LogP contribution is 2.44. The number of anilines is 1. The zero-order valence-corrected chi connectivity index (χ0v) is 21.0. The Balaban J connectivity index is 1.68. The van der Waals surface area contributed by atoms with Crippen molar-refractivity contribution in [2.75, 3.05) is 18.6 Å². The van der Waals surface area contributed by atoms with Crippen molar-refractivity contribution in [3.8, 4) is 11.5 Å². The Morgan fingerprint density at radius 3 is 2.42 bits per heavy atom. The molecule has 182 valence electrons. The molecular formula is C27H21ClN2O5S. The number of amides is 1. The second-order valence-corrected chi connectivity index (χ2v) is 9.45. The Labute approximate surface area is 216 Å². The number of nitrogens with zero attached hydrogens (tertiary/aromatic N) is 2. The van der Waals surface area contributed by atoms with E-state index in [9.17, 15) is 14.7 Å². The monoisotopic (exact) mass is 520 g/mol. The van der Waals surface area contributed by atoms with Gasteiger partial charge in [0.05, 0.1) is 35.5 Å². The number of ether oxygens (including phenoxy) is 2. The third-order valence-corrected chi connectivity index (χ3v) is 7.11. The fourth-order valence-corrected chi connectivity index (χ4v) is 5.42. The first-order valence-corrected chi connectivity index (χ1v) is 12.3. The van der Waals surface area contributed by atoms with Crippen molar-refractivity contribution < 1.29 is 24.2 Å². The normalized spacial score (nSPS) is 17.1. The highest BCUT2D eigenvalue weighted by atomic mass is 35.5. The smallest absolute Gasteiger partial charge is 0.301 e. The van der Waals surface area contributed by atoms with Gasteiger partial charge in [0.25, 0.3) is 5.78 Å². The summed E-state index contributed by atoms with van der Waals surface area (Å²) in [4.78, 5) is 32.7. The first-order chi connectivity index (χ1) is 17.4. The molecule has 5 rings (SSSR count). The summed E-state index contributed by atoms with van der Waals surface area (Å²) in [6.45, 7) is 2.39. The van der Waals surface area contributed by atoms with Gasteiger partial charge in [-0.1, -0.05) is 35.1 Å². The van der Waals surface area contributed by atoms with Gasteiger partial charge in [-0.2, -0.15) is 0 Å². The lowest BCUT2D eigenvalue weighted by Crippen LogP contribution is -2.29. The standard InChI is InChI=1S/C27H21ClN2O5S/c1-3-35-19-11-4-15(5-12-19)23-22(24(31)16-6-9-18(34-2)10-7-16)25(32)26(33)30(23)27-29-20-13-8-17(28)14-21(20)36-27/h4-14,23,31H,3H2,1-2H3. The van der Waals surface area contributed by atoms with Crippen LogP contribution in [0.25, 0.3) is 16.0 Å². The number of ketones is 1. The second kappa shape index (κ2) is 9.64. The molecule has 1 unspecified atom stereocenters. The summed E-state index contributed by atoms with van der Waals surface area (Å²) in [5, 5.41) is 12.1. The molecule has 7 nitrogen and oxygen atoms in total. The third kappa shape index (κ3) is 4.19. The topological polar surface area (TPSA) is 89.0 Å². The Morgan fingerprint density at radius 1 is 1.06 bits per heavy atom. The third-order valence-electron chi connectivity index (χ3n) is 5.86. The number of Topliss-reactive ketones (excluding diaryl/α,β-unsaturated/α-hetero) is 1. The van der Waals surface area contributed by atoms with Gasteiger partial charge in [-0.25, -0.2) is 4.98 Å². The number of aliphatic hydroxyl groups is 1. The summed E-state index contributed by atoms with van der Waals surface area (Å²) in [6.07, 6.45) is 0. The fourth-order valence-electron chi connectivity index (χ4n) is 4.15. The molecule has 1 aromatic heterocycles. The van der Waals surface area contributed by atoms with Gasteiger partial charge in [-0.05, 0) is 67.1 Å². The molecule has 1 N–H and O–H groups in total. The van der Waals surface area contributed by atoms with Gasteiger partial charge in [0.15, 0.2) is 5.13 Å². The van der Waals surface area contributed by atoms with Crippen LogP contribution >= 0.6 is 22.9 Å². The number of methoxy groups -OCH3 is 1. The zero-order valence-electron chi connectivity index (χ0n) is 19.4. The van der Waals surface area contributed by atoms with Crippen molar-refractivity contribution in [1.82, 2.24) is 4.98 Å². The summed E-state index contributed by atoms with van der Waals surface area (Å²) >= 11 is 7.39. The first kappa shape index (κ1) is 23.8. The molecule has 2 heterocycles. The molecule has 1 amide bonds. The van der Waals surface area contributed by atoms with Crippen molar-refractivity contribution in [3.63, 3.8) is 0 Å². The van der Waals surface area contributed by atoms with Crippen LogP contribution < -0.4 is 14.4 Å². The summed E-state index contributed by atoms with van der Waals surface area (Å²) in [5.74, 6) is -0.582. The predicted molar refractivity (Wildman–Crippen MR) is 140 cm³/mol. The molecule has 36 heavy (non-hydrogen) atoms. The molecule has 1 saturated heterocycles. The number of hydrogen-bond acceptors (Lipinski definition) is 7. The van der Waals surface area contributed by atoms with Crippen LogP contribution in [-0.2, 0) is 9.59 Å². The van der Waals surface area contributed by atoms with Crippen LogP contribution in [0.3, 0.4) is 0 Å². The number of aromatic nitrogens is 1. The van der Waals surface area contributed by atoms with Crippen molar-refractivity contribution in [3.05, 3.63) is 88.5 Å². The van der Waals surface area contributed by atoms with Crippen molar-refractivity contribution in [2.45, 2.75) is 13.0 Å². The minimum atomic E-state index is -0.890. The molecule has 4 aromatic rings. The van der Waals surface area contributed by atoms with Crippen molar-refractivity contribution in [1.29, 1.82) is 0 Å². The molecule has 1 aliphatic heterocycles. The molecule has 0 bridgehead atoms. The van der Waals surface area contributed by atoms with E-state index < -0.39 is 17.7 Å². The Hall–Kier alpha value is -3.88. The van der Waals surface area contributed by atoms with Crippen molar-refractivity contribution in [2.24, 2.45) is 0 Å². The highest BCUT2D eigenvalue weighted by molar-refractivity contribution is 7.22. The van der Waals surface area contributed by atoms with E-state index in [1.165, 1.54) is 23.3 Å². The molecule has 1 aliphatic rings. The van der Waals surface area contributed by atoms with Gasteiger partial charge in [-0.3, -0.25) is 14.5 Å². The maximum atomic E-state index is 13.4. The number of carbonyl (C=O) groups excluding carboxylic acids is 2. The van der Waals surface area contributed by atoms with E-state index in [0.717, 1.165) is 4.70 Å². The van der Waals surface area contributed by atoms with Gasteiger partial charge < -0.3 is 14.6 Å². The maximum absolute atomic E-state index is 13.4. The van der Waals surface area contributed by atoms with Crippen LogP contribution in [0.4, 0.5) is 5.13 Å². The quantitative estimate of drug-likeness (QED) is 0.191. The van der Waals surface area contributed by atoms with Crippen LogP contribution in [0.15, 0.2) is 72.3 Å². The van der Waals surface area contributed by atoms with E-state index in [4.69, 9.17) is 21.1 Å². The van der Waals surface area contributed by atoms with Gasteiger partial charge in [0.2, 0.25) is 0 Å². The van der Waals surface area contributed by atoms with E-state index >= 15 is 0 Å². The fraction of sp³-hybridized carbons (Fsp3) is 0.148. The molecular weight excluding hydrogens is 500 g/mol. The minimum absolute atomic E-state index is 0.0217. The van der Waals surface area contributed by atoms with Crippen LogP contribution in [0, 0.1) is 0 Å². The van der Waals surface area contributed by atoms with E-state index in [-0.39, 0.29) is 11.3 Å². The molecule has 1 fully saturated rings. The average molecular weight is 521 g/mol. The molecule has 1 atom stereocenters. The summed E-state index contributed by atoms with van der Waals surface area (Å²) in [7, 11) is 1.54. The number of halogens is 1.